The number of rotatable bonds is 8. The van der Waals surface area contributed by atoms with Gasteiger partial charge in [-0.1, -0.05) is 0 Å². The Labute approximate surface area is 176 Å². The van der Waals surface area contributed by atoms with Crippen molar-refractivity contribution < 1.29 is 23.7 Å². The molecule has 1 saturated heterocycles. The van der Waals surface area contributed by atoms with Gasteiger partial charge in [-0.05, 0) is 25.8 Å². The standard InChI is InChI=1S/C21H30N4O5/c1-13(11-27-2)24-21(26)14-6-8-25(9-7-14)20-15-10-16(28-3)18(29-4)19(30-5)17(15)22-12-23-20/h10,12-14H,6-9,11H2,1-5H3,(H,24,26). The first kappa shape index (κ1) is 21.9. The molecule has 0 bridgehead atoms. The molecule has 0 aliphatic carbocycles. The van der Waals surface area contributed by atoms with Gasteiger partial charge >= 0.3 is 0 Å². The first-order valence-corrected chi connectivity index (χ1v) is 10.0. The van der Waals surface area contributed by atoms with Crippen LogP contribution in [0.15, 0.2) is 12.4 Å². The van der Waals surface area contributed by atoms with Gasteiger partial charge in [0.1, 0.15) is 17.7 Å². The monoisotopic (exact) mass is 418 g/mol. The molecule has 9 heteroatoms. The smallest absolute Gasteiger partial charge is 0.223 e. The number of hydrogen-bond acceptors (Lipinski definition) is 8. The van der Waals surface area contributed by atoms with Crippen LogP contribution in [0.2, 0.25) is 0 Å². The zero-order valence-electron chi connectivity index (χ0n) is 18.2. The van der Waals surface area contributed by atoms with Crippen LogP contribution in [0.1, 0.15) is 19.8 Å². The SMILES string of the molecule is COCC(C)NC(=O)C1CCN(c2ncnc3c(OC)c(OC)c(OC)cc23)CC1. The van der Waals surface area contributed by atoms with Crippen molar-refractivity contribution in [3.8, 4) is 17.2 Å². The molecule has 0 spiro atoms. The second kappa shape index (κ2) is 9.80. The average molecular weight is 418 g/mol. The lowest BCUT2D eigenvalue weighted by molar-refractivity contribution is -0.126. The first-order valence-electron chi connectivity index (χ1n) is 10.0. The van der Waals surface area contributed by atoms with Gasteiger partial charge in [0.05, 0.1) is 33.3 Å². The Bertz CT molecular complexity index is 883. The number of hydrogen-bond donors (Lipinski definition) is 1. The summed E-state index contributed by atoms with van der Waals surface area (Å²) in [5.41, 5.74) is 0.661. The minimum Gasteiger partial charge on any atom is -0.493 e. The number of methoxy groups -OCH3 is 4. The Morgan fingerprint density at radius 3 is 2.43 bits per heavy atom. The number of nitrogens with one attached hydrogen (secondary N) is 1. The molecule has 1 aromatic heterocycles. The molecule has 1 N–H and O–H groups in total. The van der Waals surface area contributed by atoms with E-state index in [1.54, 1.807) is 28.4 Å². The molecule has 1 aromatic carbocycles. The Morgan fingerprint density at radius 1 is 1.13 bits per heavy atom. The average Bonchev–Trinajstić information content (AvgIpc) is 2.77. The van der Waals surface area contributed by atoms with Gasteiger partial charge in [-0.25, -0.2) is 9.97 Å². The minimum absolute atomic E-state index is 0.00116. The fourth-order valence-electron chi connectivity index (χ4n) is 3.91. The van der Waals surface area contributed by atoms with Crippen LogP contribution in [0, 0.1) is 5.92 Å². The van der Waals surface area contributed by atoms with Crippen molar-refractivity contribution in [3.05, 3.63) is 12.4 Å². The molecule has 0 saturated carbocycles. The van der Waals surface area contributed by atoms with E-state index in [1.807, 2.05) is 13.0 Å². The molecule has 2 aromatic rings. The number of carbonyl (C=O) groups excluding carboxylic acids is 1. The summed E-state index contributed by atoms with van der Waals surface area (Å²) < 4.78 is 21.6. The van der Waals surface area contributed by atoms with Gasteiger partial charge in [-0.15, -0.1) is 0 Å². The van der Waals surface area contributed by atoms with Crippen molar-refractivity contribution in [1.82, 2.24) is 15.3 Å². The third kappa shape index (κ3) is 4.35. The van der Waals surface area contributed by atoms with Gasteiger partial charge in [0.2, 0.25) is 11.7 Å². The molecule has 164 valence electrons. The van der Waals surface area contributed by atoms with E-state index >= 15 is 0 Å². The van der Waals surface area contributed by atoms with Crippen molar-refractivity contribution in [2.45, 2.75) is 25.8 Å². The number of aromatic nitrogens is 2. The molecule has 1 unspecified atom stereocenters. The Kier molecular flexibility index (Phi) is 7.15. The largest absolute Gasteiger partial charge is 0.493 e. The van der Waals surface area contributed by atoms with Crippen molar-refractivity contribution in [2.75, 3.05) is 53.0 Å². The number of amides is 1. The van der Waals surface area contributed by atoms with E-state index in [2.05, 4.69) is 20.2 Å². The molecule has 0 radical (unpaired) electrons. The van der Waals surface area contributed by atoms with Gasteiger partial charge in [0.15, 0.2) is 11.5 Å². The topological polar surface area (TPSA) is 95.0 Å². The third-order valence-corrected chi connectivity index (χ3v) is 5.38. The van der Waals surface area contributed by atoms with E-state index in [1.165, 1.54) is 6.33 Å². The predicted octanol–water partition coefficient (Wildman–Crippen LogP) is 2.02. The maximum atomic E-state index is 12.5. The summed E-state index contributed by atoms with van der Waals surface area (Å²) in [6.07, 6.45) is 3.03. The van der Waals surface area contributed by atoms with Crippen molar-refractivity contribution >= 4 is 22.6 Å². The summed E-state index contributed by atoms with van der Waals surface area (Å²) in [6, 6.07) is 1.87. The van der Waals surface area contributed by atoms with Crippen molar-refractivity contribution in [2.24, 2.45) is 5.92 Å². The number of benzene rings is 1. The highest BCUT2D eigenvalue weighted by Crippen LogP contribution is 2.44. The van der Waals surface area contributed by atoms with E-state index in [0.717, 1.165) is 37.1 Å². The number of fused-ring (bicyclic) bond motifs is 1. The van der Waals surface area contributed by atoms with E-state index in [0.29, 0.717) is 29.4 Å². The highest BCUT2D eigenvalue weighted by atomic mass is 16.5. The molecule has 1 amide bonds. The number of ether oxygens (including phenoxy) is 4. The molecule has 2 heterocycles. The molecular weight excluding hydrogens is 388 g/mol. The van der Waals surface area contributed by atoms with E-state index < -0.39 is 0 Å². The number of nitrogens with zero attached hydrogens (tertiary/aromatic N) is 3. The van der Waals surface area contributed by atoms with Crippen LogP contribution in [-0.2, 0) is 9.53 Å². The third-order valence-electron chi connectivity index (χ3n) is 5.38. The van der Waals surface area contributed by atoms with Crippen LogP contribution in [0.3, 0.4) is 0 Å². The van der Waals surface area contributed by atoms with Gasteiger partial charge < -0.3 is 29.2 Å². The second-order valence-corrected chi connectivity index (χ2v) is 7.37. The van der Waals surface area contributed by atoms with E-state index in [4.69, 9.17) is 18.9 Å². The highest BCUT2D eigenvalue weighted by Gasteiger charge is 2.28. The zero-order chi connectivity index (χ0) is 21.7. The quantitative estimate of drug-likeness (QED) is 0.696. The minimum atomic E-state index is -0.0159. The summed E-state index contributed by atoms with van der Waals surface area (Å²) in [5.74, 6) is 2.43. The predicted molar refractivity (Wildman–Crippen MR) is 114 cm³/mol. The first-order chi connectivity index (χ1) is 14.5. The summed E-state index contributed by atoms with van der Waals surface area (Å²) in [4.78, 5) is 23.6. The molecule has 1 fully saturated rings. The second-order valence-electron chi connectivity index (χ2n) is 7.37. The Balaban J connectivity index is 1.82. The van der Waals surface area contributed by atoms with Crippen molar-refractivity contribution in [3.63, 3.8) is 0 Å². The van der Waals surface area contributed by atoms with Crippen LogP contribution in [0.5, 0.6) is 17.2 Å². The van der Waals surface area contributed by atoms with Crippen LogP contribution in [0.4, 0.5) is 5.82 Å². The lowest BCUT2D eigenvalue weighted by Gasteiger charge is -2.33. The lowest BCUT2D eigenvalue weighted by Crippen LogP contribution is -2.44. The molecule has 30 heavy (non-hydrogen) atoms. The maximum absolute atomic E-state index is 12.5. The molecule has 1 aliphatic heterocycles. The summed E-state index contributed by atoms with van der Waals surface area (Å²) >= 11 is 0. The summed E-state index contributed by atoms with van der Waals surface area (Å²) in [5, 5.41) is 3.85. The highest BCUT2D eigenvalue weighted by molar-refractivity contribution is 5.97. The molecule has 9 nitrogen and oxygen atoms in total. The van der Waals surface area contributed by atoms with Crippen LogP contribution in [-0.4, -0.2) is 70.1 Å². The van der Waals surface area contributed by atoms with Crippen LogP contribution in [0.25, 0.3) is 10.9 Å². The van der Waals surface area contributed by atoms with Gasteiger partial charge in [-0.3, -0.25) is 4.79 Å². The Hall–Kier alpha value is -2.81. The number of carbonyl (C=O) groups is 1. The molecule has 1 aliphatic rings. The number of anilines is 1. The summed E-state index contributed by atoms with van der Waals surface area (Å²) in [7, 11) is 6.36. The summed E-state index contributed by atoms with van der Waals surface area (Å²) in [6.45, 7) is 3.89. The normalized spacial score (nSPS) is 15.7. The van der Waals surface area contributed by atoms with Gasteiger partial charge in [0.25, 0.3) is 0 Å². The fourth-order valence-corrected chi connectivity index (χ4v) is 3.91. The van der Waals surface area contributed by atoms with Crippen LogP contribution < -0.4 is 24.4 Å². The molecular formula is C21H30N4O5. The van der Waals surface area contributed by atoms with Gasteiger partial charge in [-0.2, -0.15) is 0 Å². The maximum Gasteiger partial charge on any atom is 0.223 e. The molecule has 3 rings (SSSR count). The number of piperidine rings is 1. The van der Waals surface area contributed by atoms with E-state index in [9.17, 15) is 4.79 Å². The fraction of sp³-hybridized carbons (Fsp3) is 0.571. The Morgan fingerprint density at radius 2 is 1.83 bits per heavy atom. The zero-order valence-corrected chi connectivity index (χ0v) is 18.2. The van der Waals surface area contributed by atoms with Gasteiger partial charge in [0, 0.05) is 32.2 Å². The lowest BCUT2D eigenvalue weighted by atomic mass is 9.95. The molecule has 1 atom stereocenters. The van der Waals surface area contributed by atoms with Crippen LogP contribution >= 0.6 is 0 Å². The van der Waals surface area contributed by atoms with Crippen molar-refractivity contribution in [1.29, 1.82) is 0 Å². The van der Waals surface area contributed by atoms with E-state index in [-0.39, 0.29) is 17.9 Å².